The van der Waals surface area contributed by atoms with Crippen LogP contribution in [0.4, 0.5) is 0 Å². The molecule has 0 aromatic carbocycles. The molecule has 0 aromatic heterocycles. The maximum Gasteiger partial charge on any atom is 0.307 e. The first-order valence-electron chi connectivity index (χ1n) is 6.01. The number of nitrogens with zero attached hydrogens (tertiary/aromatic N) is 1. The lowest BCUT2D eigenvalue weighted by Gasteiger charge is -2.26. The fourth-order valence-electron chi connectivity index (χ4n) is 1.23. The Morgan fingerprint density at radius 2 is 2.11 bits per heavy atom. The van der Waals surface area contributed by atoms with Gasteiger partial charge in [0.25, 0.3) is 0 Å². The summed E-state index contributed by atoms with van der Waals surface area (Å²) >= 11 is 1.30. The van der Waals surface area contributed by atoms with Crippen LogP contribution in [0.3, 0.4) is 0 Å². The molecule has 0 bridgehead atoms. The molecule has 0 radical (unpaired) electrons. The fourth-order valence-corrected chi connectivity index (χ4v) is 5.97. The van der Waals surface area contributed by atoms with Crippen LogP contribution in [0.5, 0.6) is 0 Å². The molecule has 0 aromatic rings. The Morgan fingerprint density at radius 3 is 2.56 bits per heavy atom. The summed E-state index contributed by atoms with van der Waals surface area (Å²) in [6, 6.07) is 0. The van der Waals surface area contributed by atoms with Gasteiger partial charge >= 0.3 is 5.97 Å². The van der Waals surface area contributed by atoms with Crippen molar-refractivity contribution in [3.05, 3.63) is 0 Å². The number of rotatable bonds is 9. The molecular formula is C11H22NO4PS. The Labute approximate surface area is 113 Å². The van der Waals surface area contributed by atoms with Crippen LogP contribution in [0.25, 0.3) is 0 Å². The molecule has 0 N–H and O–H groups in total. The molecule has 0 spiro atoms. The van der Waals surface area contributed by atoms with Crippen molar-refractivity contribution in [2.24, 2.45) is 0 Å². The van der Waals surface area contributed by atoms with Crippen molar-refractivity contribution in [1.82, 2.24) is 4.67 Å². The predicted molar refractivity (Wildman–Crippen MR) is 74.9 cm³/mol. The fraction of sp³-hybridized carbons (Fsp3) is 0.818. The number of carbonyl (C=O) groups excluding carboxylic acids is 2. The van der Waals surface area contributed by atoms with Crippen molar-refractivity contribution in [3.8, 4) is 0 Å². The van der Waals surface area contributed by atoms with Gasteiger partial charge in [-0.2, -0.15) is 0 Å². The first-order chi connectivity index (χ1) is 8.37. The summed E-state index contributed by atoms with van der Waals surface area (Å²) in [6.45, 7) is 4.92. The first-order valence-corrected chi connectivity index (χ1v) is 9.60. The summed E-state index contributed by atoms with van der Waals surface area (Å²) in [5.41, 5.74) is 0. The molecule has 1 amide bonds. The van der Waals surface area contributed by atoms with Crippen LogP contribution in [-0.4, -0.2) is 42.1 Å². The van der Waals surface area contributed by atoms with E-state index < -0.39 is 6.49 Å². The molecule has 0 saturated carbocycles. The van der Waals surface area contributed by atoms with E-state index in [1.54, 1.807) is 13.6 Å². The van der Waals surface area contributed by atoms with Gasteiger partial charge in [-0.05, 0) is 13.3 Å². The lowest BCUT2D eigenvalue weighted by atomic mass is 10.4. The molecule has 2 unspecified atom stereocenters. The maximum absolute atomic E-state index is 12.4. The van der Waals surface area contributed by atoms with Crippen molar-refractivity contribution in [2.75, 3.05) is 19.8 Å². The highest BCUT2D eigenvalue weighted by Crippen LogP contribution is 2.59. The molecule has 0 heterocycles. The van der Waals surface area contributed by atoms with Crippen LogP contribution in [0.2, 0.25) is 0 Å². The zero-order valence-corrected chi connectivity index (χ0v) is 13.1. The quantitative estimate of drug-likeness (QED) is 0.372. The molecular weight excluding hydrogens is 273 g/mol. The summed E-state index contributed by atoms with van der Waals surface area (Å²) in [5.74, 6) is -0.377. The van der Waals surface area contributed by atoms with Gasteiger partial charge in [0.05, 0.1) is 13.0 Å². The first kappa shape index (κ1) is 17.5. The summed E-state index contributed by atoms with van der Waals surface area (Å²) in [4.78, 5) is 22.2. The molecule has 0 aliphatic heterocycles. The largest absolute Gasteiger partial charge is 0.466 e. The summed E-state index contributed by atoms with van der Waals surface area (Å²) in [7, 11) is 0. The summed E-state index contributed by atoms with van der Waals surface area (Å²) in [6.07, 6.45) is 1.51. The Hall–Kier alpha value is -0.480. The van der Waals surface area contributed by atoms with E-state index in [0.717, 1.165) is 6.42 Å². The van der Waals surface area contributed by atoms with E-state index in [9.17, 15) is 14.2 Å². The van der Waals surface area contributed by atoms with E-state index in [4.69, 9.17) is 4.74 Å². The van der Waals surface area contributed by atoms with Crippen molar-refractivity contribution in [2.45, 2.75) is 38.9 Å². The SMILES string of the molecule is CCOC(=O)CCN(C=O)P(C)(=O)SC(C)CC. The Bertz CT molecular complexity index is 324. The average molecular weight is 295 g/mol. The lowest BCUT2D eigenvalue weighted by molar-refractivity contribution is -0.143. The van der Waals surface area contributed by atoms with Gasteiger partial charge in [-0.3, -0.25) is 18.8 Å². The van der Waals surface area contributed by atoms with Crippen LogP contribution in [0.1, 0.15) is 33.6 Å². The van der Waals surface area contributed by atoms with Gasteiger partial charge in [-0.25, -0.2) is 0 Å². The van der Waals surface area contributed by atoms with Crippen LogP contribution < -0.4 is 0 Å². The van der Waals surface area contributed by atoms with Crippen molar-refractivity contribution < 1.29 is 18.9 Å². The van der Waals surface area contributed by atoms with E-state index >= 15 is 0 Å². The van der Waals surface area contributed by atoms with Crippen LogP contribution in [0.15, 0.2) is 0 Å². The van der Waals surface area contributed by atoms with Gasteiger partial charge in [0, 0.05) is 18.5 Å². The van der Waals surface area contributed by atoms with E-state index in [2.05, 4.69) is 0 Å². The van der Waals surface area contributed by atoms with Crippen molar-refractivity contribution in [1.29, 1.82) is 0 Å². The van der Waals surface area contributed by atoms with Crippen molar-refractivity contribution >= 4 is 30.3 Å². The summed E-state index contributed by atoms with van der Waals surface area (Å²) < 4.78 is 18.4. The average Bonchev–Trinajstić information content (AvgIpc) is 2.29. The van der Waals surface area contributed by atoms with Gasteiger partial charge in [0.15, 0.2) is 0 Å². The minimum atomic E-state index is -2.78. The second-order valence-corrected chi connectivity index (χ2v) is 9.75. The minimum Gasteiger partial charge on any atom is -0.466 e. The second-order valence-electron chi connectivity index (χ2n) is 3.95. The maximum atomic E-state index is 12.4. The third kappa shape index (κ3) is 6.45. The number of amides is 1. The van der Waals surface area contributed by atoms with Crippen molar-refractivity contribution in [3.63, 3.8) is 0 Å². The molecule has 0 aliphatic rings. The highest BCUT2D eigenvalue weighted by atomic mass is 32.7. The number of carbonyl (C=O) groups is 2. The van der Waals surface area contributed by atoms with Crippen LogP contribution >= 0.6 is 17.9 Å². The molecule has 0 saturated heterocycles. The molecule has 7 heteroatoms. The van der Waals surface area contributed by atoms with E-state index in [1.165, 1.54) is 16.1 Å². The molecule has 0 rings (SSSR count). The lowest BCUT2D eigenvalue weighted by Crippen LogP contribution is -2.22. The van der Waals surface area contributed by atoms with Gasteiger partial charge in [-0.15, -0.1) is 0 Å². The molecule has 2 atom stereocenters. The number of hydrogen-bond donors (Lipinski definition) is 0. The zero-order chi connectivity index (χ0) is 14.2. The smallest absolute Gasteiger partial charge is 0.307 e. The zero-order valence-electron chi connectivity index (χ0n) is 11.4. The normalized spacial score (nSPS) is 15.6. The molecule has 5 nitrogen and oxygen atoms in total. The number of ether oxygens (including phenoxy) is 1. The van der Waals surface area contributed by atoms with E-state index in [-0.39, 0.29) is 24.2 Å². The Balaban J connectivity index is 4.42. The number of hydrogen-bond acceptors (Lipinski definition) is 5. The third-order valence-electron chi connectivity index (χ3n) is 2.39. The van der Waals surface area contributed by atoms with Gasteiger partial charge < -0.3 is 4.74 Å². The van der Waals surface area contributed by atoms with E-state index in [0.29, 0.717) is 13.0 Å². The van der Waals surface area contributed by atoms with E-state index in [1.807, 2.05) is 13.8 Å². The van der Waals surface area contributed by atoms with Crippen LogP contribution in [0, 0.1) is 0 Å². The highest BCUT2D eigenvalue weighted by molar-refractivity contribution is 8.57. The second kappa shape index (κ2) is 8.59. The minimum absolute atomic E-state index is 0.0749. The topological polar surface area (TPSA) is 63.7 Å². The number of esters is 1. The molecule has 0 fully saturated rings. The van der Waals surface area contributed by atoms with Gasteiger partial charge in [0.1, 0.15) is 0 Å². The Morgan fingerprint density at radius 1 is 1.50 bits per heavy atom. The van der Waals surface area contributed by atoms with Crippen LogP contribution in [-0.2, 0) is 18.9 Å². The highest BCUT2D eigenvalue weighted by Gasteiger charge is 2.27. The monoisotopic (exact) mass is 295 g/mol. The van der Waals surface area contributed by atoms with Gasteiger partial charge in [-0.1, -0.05) is 25.2 Å². The molecule has 18 heavy (non-hydrogen) atoms. The van der Waals surface area contributed by atoms with Gasteiger partial charge in [0.2, 0.25) is 12.9 Å². The standard InChI is InChI=1S/C11H22NO4PS/c1-5-10(3)18-17(4,15)12(9-13)8-7-11(14)16-6-2/h9-10H,5-8H2,1-4H3. The Kier molecular flexibility index (Phi) is 8.36. The third-order valence-corrected chi connectivity index (χ3v) is 7.58. The molecule has 0 aliphatic carbocycles. The predicted octanol–water partition coefficient (Wildman–Crippen LogP) is 2.75. The summed E-state index contributed by atoms with van der Waals surface area (Å²) in [5, 5.41) is 0.214. The molecule has 106 valence electrons.